The van der Waals surface area contributed by atoms with Crippen molar-refractivity contribution in [3.05, 3.63) is 48.5 Å². The number of nitrogens with one attached hydrogen (secondary N) is 2. The number of aromatic hydroxyl groups is 1. The van der Waals surface area contributed by atoms with E-state index in [2.05, 4.69) is 15.6 Å². The number of anilines is 1. The van der Waals surface area contributed by atoms with Gasteiger partial charge in [0, 0.05) is 18.2 Å². The second kappa shape index (κ2) is 7.92. The molecule has 3 N–H and O–H groups in total. The van der Waals surface area contributed by atoms with Gasteiger partial charge >= 0.3 is 0 Å². The molecule has 2 aromatic carbocycles. The Morgan fingerprint density at radius 1 is 1.31 bits per heavy atom. The van der Waals surface area contributed by atoms with Crippen molar-refractivity contribution in [3.63, 3.8) is 0 Å². The zero-order chi connectivity index (χ0) is 18.5. The van der Waals surface area contributed by atoms with Crippen LogP contribution in [0.25, 0.3) is 0 Å². The number of rotatable bonds is 5. The number of ether oxygens (including phenoxy) is 1. The van der Waals surface area contributed by atoms with E-state index in [1.165, 1.54) is 23.9 Å². The molecule has 7 nitrogen and oxygen atoms in total. The number of aliphatic imine (C=N–C) groups is 1. The van der Waals surface area contributed by atoms with Gasteiger partial charge in [-0.1, -0.05) is 17.8 Å². The van der Waals surface area contributed by atoms with Gasteiger partial charge in [-0.3, -0.25) is 9.59 Å². The molecule has 0 aliphatic carbocycles. The summed E-state index contributed by atoms with van der Waals surface area (Å²) in [4.78, 5) is 28.5. The Morgan fingerprint density at radius 2 is 2.08 bits per heavy atom. The van der Waals surface area contributed by atoms with Gasteiger partial charge in [0.1, 0.15) is 16.7 Å². The Balaban J connectivity index is 1.59. The maximum Gasteiger partial charge on any atom is 0.240 e. The highest BCUT2D eigenvalue weighted by Crippen LogP contribution is 2.27. The summed E-state index contributed by atoms with van der Waals surface area (Å²) in [6.45, 7) is 0. The maximum atomic E-state index is 12.2. The quantitative estimate of drug-likeness (QED) is 0.750. The predicted molar refractivity (Wildman–Crippen MR) is 101 cm³/mol. The first-order chi connectivity index (χ1) is 12.5. The van der Waals surface area contributed by atoms with Crippen molar-refractivity contribution in [2.24, 2.45) is 4.99 Å². The van der Waals surface area contributed by atoms with Crippen molar-refractivity contribution in [2.75, 3.05) is 12.4 Å². The molecule has 3 rings (SSSR count). The van der Waals surface area contributed by atoms with Gasteiger partial charge in [0.05, 0.1) is 12.8 Å². The van der Waals surface area contributed by atoms with Gasteiger partial charge in [-0.05, 0) is 36.4 Å². The molecule has 1 saturated heterocycles. The maximum absolute atomic E-state index is 12.2. The number of carbonyl (C=O) groups is 2. The molecule has 1 atom stereocenters. The van der Waals surface area contributed by atoms with Crippen molar-refractivity contribution >= 4 is 40.1 Å². The van der Waals surface area contributed by atoms with E-state index in [0.29, 0.717) is 22.3 Å². The third-order valence-electron chi connectivity index (χ3n) is 3.58. The van der Waals surface area contributed by atoms with Crippen LogP contribution in [0.15, 0.2) is 53.5 Å². The number of thioether (sulfide) groups is 1. The molecule has 1 heterocycles. The van der Waals surface area contributed by atoms with Gasteiger partial charge in [0.15, 0.2) is 5.17 Å². The van der Waals surface area contributed by atoms with E-state index in [-0.39, 0.29) is 24.0 Å². The van der Waals surface area contributed by atoms with Crippen molar-refractivity contribution in [1.29, 1.82) is 0 Å². The molecule has 0 radical (unpaired) electrons. The van der Waals surface area contributed by atoms with Crippen LogP contribution in [0, 0.1) is 0 Å². The molecule has 0 aromatic heterocycles. The normalized spacial score (nSPS) is 17.8. The number of hydrogen-bond acceptors (Lipinski definition) is 6. The van der Waals surface area contributed by atoms with E-state index in [1.54, 1.807) is 43.5 Å². The smallest absolute Gasteiger partial charge is 0.240 e. The summed E-state index contributed by atoms with van der Waals surface area (Å²) in [6.07, 6.45) is 0.0294. The van der Waals surface area contributed by atoms with Crippen LogP contribution in [0.3, 0.4) is 0 Å². The highest BCUT2D eigenvalue weighted by atomic mass is 32.2. The molecular formula is C18H17N3O4S. The fourth-order valence-electron chi connectivity index (χ4n) is 2.33. The lowest BCUT2D eigenvalue weighted by atomic mass is 10.2. The number of phenolic OH excluding ortho intramolecular Hbond substituents is 1. The Kier molecular flexibility index (Phi) is 5.43. The minimum Gasteiger partial charge on any atom is -0.508 e. The first kappa shape index (κ1) is 17.8. The van der Waals surface area contributed by atoms with Crippen molar-refractivity contribution in [1.82, 2.24) is 5.32 Å². The number of amidine groups is 1. The van der Waals surface area contributed by atoms with Gasteiger partial charge in [-0.25, -0.2) is 4.99 Å². The number of benzene rings is 2. The Hall–Kier alpha value is -3.00. The molecule has 1 aliphatic rings. The first-order valence-corrected chi connectivity index (χ1v) is 8.70. The second-order valence-electron chi connectivity index (χ2n) is 5.51. The summed E-state index contributed by atoms with van der Waals surface area (Å²) in [7, 11) is 1.57. The fraction of sp³-hybridized carbons (Fsp3) is 0.167. The molecule has 26 heavy (non-hydrogen) atoms. The van der Waals surface area contributed by atoms with E-state index < -0.39 is 5.25 Å². The summed E-state index contributed by atoms with van der Waals surface area (Å²) in [6, 6.07) is 13.3. The average molecular weight is 371 g/mol. The van der Waals surface area contributed by atoms with Crippen LogP contribution < -0.4 is 15.4 Å². The predicted octanol–water partition coefficient (Wildman–Crippen LogP) is 2.65. The summed E-state index contributed by atoms with van der Waals surface area (Å²) >= 11 is 1.19. The van der Waals surface area contributed by atoms with Gasteiger partial charge in [0.25, 0.3) is 0 Å². The highest BCUT2D eigenvalue weighted by molar-refractivity contribution is 8.15. The lowest BCUT2D eigenvalue weighted by Gasteiger charge is -2.08. The number of nitrogens with zero attached hydrogens (tertiary/aromatic N) is 1. The molecule has 0 unspecified atom stereocenters. The van der Waals surface area contributed by atoms with Crippen molar-refractivity contribution < 1.29 is 19.4 Å². The van der Waals surface area contributed by atoms with Crippen LogP contribution in [-0.2, 0) is 9.59 Å². The Bertz CT molecular complexity index is 852. The van der Waals surface area contributed by atoms with Crippen molar-refractivity contribution in [3.8, 4) is 11.5 Å². The van der Waals surface area contributed by atoms with E-state index >= 15 is 0 Å². The SMILES string of the molecule is COc1ccc(NC(=O)C[C@H]2SC(=Nc3cccc(O)c3)NC2=O)cc1. The van der Waals surface area contributed by atoms with Crippen molar-refractivity contribution in [2.45, 2.75) is 11.7 Å². The molecule has 0 bridgehead atoms. The lowest BCUT2D eigenvalue weighted by Crippen LogP contribution is -2.28. The largest absolute Gasteiger partial charge is 0.508 e. The fourth-order valence-corrected chi connectivity index (χ4v) is 3.31. The van der Waals surface area contributed by atoms with Crippen LogP contribution in [0.1, 0.15) is 6.42 Å². The summed E-state index contributed by atoms with van der Waals surface area (Å²) < 4.78 is 5.07. The number of carbonyl (C=O) groups excluding carboxylic acids is 2. The average Bonchev–Trinajstić information content (AvgIpc) is 2.94. The molecule has 8 heteroatoms. The molecule has 0 saturated carbocycles. The molecule has 1 fully saturated rings. The lowest BCUT2D eigenvalue weighted by molar-refractivity contribution is -0.122. The standard InChI is InChI=1S/C18H17N3O4S/c1-25-14-7-5-11(6-8-14)19-16(23)10-15-17(24)21-18(26-15)20-12-3-2-4-13(22)9-12/h2-9,15,22H,10H2,1H3,(H,19,23)(H,20,21,24)/t15-/m1/s1. The first-order valence-electron chi connectivity index (χ1n) is 7.82. The van der Waals surface area contributed by atoms with Crippen LogP contribution in [0.4, 0.5) is 11.4 Å². The summed E-state index contributed by atoms with van der Waals surface area (Å²) in [5.74, 6) is 0.262. The zero-order valence-electron chi connectivity index (χ0n) is 13.9. The monoisotopic (exact) mass is 371 g/mol. The number of amides is 2. The van der Waals surface area contributed by atoms with Gasteiger partial charge in [-0.15, -0.1) is 0 Å². The van der Waals surface area contributed by atoms with E-state index in [4.69, 9.17) is 4.74 Å². The molecule has 2 amide bonds. The number of methoxy groups -OCH3 is 1. The minimum absolute atomic E-state index is 0.0294. The van der Waals surface area contributed by atoms with E-state index in [1.807, 2.05) is 0 Å². The molecule has 0 spiro atoms. The van der Waals surface area contributed by atoms with Crippen LogP contribution in [0.2, 0.25) is 0 Å². The van der Waals surface area contributed by atoms with Crippen LogP contribution >= 0.6 is 11.8 Å². The summed E-state index contributed by atoms with van der Waals surface area (Å²) in [5, 5.41) is 14.7. The van der Waals surface area contributed by atoms with E-state index in [9.17, 15) is 14.7 Å². The third kappa shape index (κ3) is 4.54. The molecule has 2 aromatic rings. The molecule has 1 aliphatic heterocycles. The van der Waals surface area contributed by atoms with Crippen LogP contribution in [-0.4, -0.2) is 34.4 Å². The molecular weight excluding hydrogens is 354 g/mol. The van der Waals surface area contributed by atoms with Gasteiger partial charge in [0.2, 0.25) is 11.8 Å². The third-order valence-corrected chi connectivity index (χ3v) is 4.66. The Labute approximate surface area is 154 Å². The number of hydrogen-bond donors (Lipinski definition) is 3. The highest BCUT2D eigenvalue weighted by Gasteiger charge is 2.32. The number of phenols is 1. The Morgan fingerprint density at radius 3 is 2.77 bits per heavy atom. The van der Waals surface area contributed by atoms with Gasteiger partial charge in [-0.2, -0.15) is 0 Å². The van der Waals surface area contributed by atoms with Gasteiger partial charge < -0.3 is 20.5 Å². The van der Waals surface area contributed by atoms with Crippen LogP contribution in [0.5, 0.6) is 11.5 Å². The molecule has 134 valence electrons. The van der Waals surface area contributed by atoms with E-state index in [0.717, 1.165) is 0 Å². The second-order valence-corrected chi connectivity index (χ2v) is 6.70. The minimum atomic E-state index is -0.552. The zero-order valence-corrected chi connectivity index (χ0v) is 14.7. The summed E-state index contributed by atoms with van der Waals surface area (Å²) in [5.41, 5.74) is 1.16. The topological polar surface area (TPSA) is 100 Å².